The van der Waals surface area contributed by atoms with Crippen LogP contribution >= 0.6 is 23.4 Å². The molecule has 20 heavy (non-hydrogen) atoms. The van der Waals surface area contributed by atoms with Gasteiger partial charge in [0.15, 0.2) is 0 Å². The van der Waals surface area contributed by atoms with Crippen molar-refractivity contribution in [2.75, 3.05) is 11.5 Å². The Kier molecular flexibility index (Phi) is 5.44. The summed E-state index contributed by atoms with van der Waals surface area (Å²) in [5.41, 5.74) is 1.72. The largest absolute Gasteiger partial charge is 0.306 e. The number of thioether (sulfide) groups is 1. The lowest BCUT2D eigenvalue weighted by Gasteiger charge is -2.42. The molecule has 1 aromatic rings. The smallest absolute Gasteiger partial charge is 0.0406 e. The van der Waals surface area contributed by atoms with Gasteiger partial charge in [-0.3, -0.25) is 0 Å². The van der Waals surface area contributed by atoms with Crippen molar-refractivity contribution in [3.63, 3.8) is 0 Å². The Morgan fingerprint density at radius 3 is 2.45 bits per heavy atom. The van der Waals surface area contributed by atoms with Gasteiger partial charge in [-0.15, -0.1) is 0 Å². The van der Waals surface area contributed by atoms with Crippen molar-refractivity contribution in [1.29, 1.82) is 0 Å². The first kappa shape index (κ1) is 16.2. The molecule has 0 saturated carbocycles. The molecule has 2 rings (SSSR count). The second kappa shape index (κ2) is 6.72. The Balaban J connectivity index is 2.15. The molecule has 1 aliphatic rings. The summed E-state index contributed by atoms with van der Waals surface area (Å²) in [7, 11) is 0. The molecule has 0 aliphatic carbocycles. The summed E-state index contributed by atoms with van der Waals surface area (Å²) < 4.78 is 0. The molecule has 1 heterocycles. The zero-order valence-electron chi connectivity index (χ0n) is 12.9. The third-order valence-corrected chi connectivity index (χ3v) is 5.71. The summed E-state index contributed by atoms with van der Waals surface area (Å²) in [6, 6.07) is 9.27. The number of hydrogen-bond acceptors (Lipinski definition) is 2. The van der Waals surface area contributed by atoms with Crippen LogP contribution in [-0.4, -0.2) is 17.5 Å². The van der Waals surface area contributed by atoms with E-state index in [0.717, 1.165) is 5.02 Å². The third kappa shape index (κ3) is 3.93. The maximum atomic E-state index is 6.01. The SMILES string of the molecule is CC(C)C(NC1CSCCC1(C)C)c1ccc(Cl)cc1. The number of benzene rings is 1. The molecule has 3 heteroatoms. The molecule has 1 nitrogen and oxygen atoms in total. The molecule has 0 radical (unpaired) electrons. The molecule has 0 spiro atoms. The topological polar surface area (TPSA) is 12.0 Å². The van der Waals surface area contributed by atoms with Crippen LogP contribution in [0.2, 0.25) is 5.02 Å². The molecule has 2 atom stereocenters. The molecule has 1 aliphatic heterocycles. The predicted octanol–water partition coefficient (Wildman–Crippen LogP) is 5.16. The Hall–Kier alpha value is -0.180. The zero-order chi connectivity index (χ0) is 14.8. The lowest BCUT2D eigenvalue weighted by atomic mass is 9.81. The first-order chi connectivity index (χ1) is 9.40. The minimum absolute atomic E-state index is 0.380. The van der Waals surface area contributed by atoms with Gasteiger partial charge in [-0.1, -0.05) is 51.4 Å². The number of halogens is 1. The van der Waals surface area contributed by atoms with E-state index in [1.165, 1.54) is 23.5 Å². The van der Waals surface area contributed by atoms with E-state index in [9.17, 15) is 0 Å². The lowest BCUT2D eigenvalue weighted by Crippen LogP contribution is -2.48. The van der Waals surface area contributed by atoms with Crippen molar-refractivity contribution in [2.45, 2.75) is 46.2 Å². The van der Waals surface area contributed by atoms with Crippen LogP contribution in [0.15, 0.2) is 24.3 Å². The normalized spacial score (nSPS) is 23.8. The second-order valence-corrected chi connectivity index (χ2v) is 8.39. The molecule has 0 amide bonds. The highest BCUT2D eigenvalue weighted by molar-refractivity contribution is 7.99. The van der Waals surface area contributed by atoms with Gasteiger partial charge in [0.25, 0.3) is 0 Å². The van der Waals surface area contributed by atoms with Crippen LogP contribution in [0.5, 0.6) is 0 Å². The van der Waals surface area contributed by atoms with Crippen LogP contribution in [0, 0.1) is 11.3 Å². The Bertz CT molecular complexity index is 427. The van der Waals surface area contributed by atoms with Crippen molar-refractivity contribution in [3.05, 3.63) is 34.9 Å². The lowest BCUT2D eigenvalue weighted by molar-refractivity contribution is 0.212. The molecular formula is C17H26ClNS. The molecule has 2 unspecified atom stereocenters. The molecule has 1 N–H and O–H groups in total. The van der Waals surface area contributed by atoms with E-state index in [1.807, 2.05) is 12.1 Å². The van der Waals surface area contributed by atoms with Gasteiger partial charge in [-0.2, -0.15) is 11.8 Å². The maximum absolute atomic E-state index is 6.01. The highest BCUT2D eigenvalue weighted by Crippen LogP contribution is 2.36. The van der Waals surface area contributed by atoms with Crippen molar-refractivity contribution in [1.82, 2.24) is 5.32 Å². The van der Waals surface area contributed by atoms with Crippen LogP contribution in [0.3, 0.4) is 0 Å². The molecule has 1 aromatic carbocycles. The van der Waals surface area contributed by atoms with E-state index in [4.69, 9.17) is 11.6 Å². The molecule has 0 bridgehead atoms. The first-order valence-corrected chi connectivity index (χ1v) is 9.02. The van der Waals surface area contributed by atoms with Gasteiger partial charge in [0.1, 0.15) is 0 Å². The van der Waals surface area contributed by atoms with Crippen molar-refractivity contribution in [3.8, 4) is 0 Å². The van der Waals surface area contributed by atoms with E-state index in [1.54, 1.807) is 0 Å². The van der Waals surface area contributed by atoms with Crippen LogP contribution < -0.4 is 5.32 Å². The molecule has 1 saturated heterocycles. The van der Waals surface area contributed by atoms with Gasteiger partial charge in [-0.05, 0) is 41.2 Å². The minimum atomic E-state index is 0.380. The summed E-state index contributed by atoms with van der Waals surface area (Å²) in [6.45, 7) is 9.36. The van der Waals surface area contributed by atoms with E-state index in [-0.39, 0.29) is 0 Å². The quantitative estimate of drug-likeness (QED) is 0.824. The van der Waals surface area contributed by atoms with Crippen molar-refractivity contribution < 1.29 is 0 Å². The van der Waals surface area contributed by atoms with Crippen molar-refractivity contribution in [2.24, 2.45) is 11.3 Å². The Morgan fingerprint density at radius 1 is 1.25 bits per heavy atom. The highest BCUT2D eigenvalue weighted by Gasteiger charge is 2.34. The van der Waals surface area contributed by atoms with Crippen LogP contribution in [0.1, 0.15) is 45.7 Å². The molecular weight excluding hydrogens is 286 g/mol. The fourth-order valence-electron chi connectivity index (χ4n) is 2.77. The van der Waals surface area contributed by atoms with E-state index >= 15 is 0 Å². The number of hydrogen-bond donors (Lipinski definition) is 1. The van der Waals surface area contributed by atoms with E-state index in [0.29, 0.717) is 23.4 Å². The Labute approximate surface area is 132 Å². The van der Waals surface area contributed by atoms with Gasteiger partial charge in [0.05, 0.1) is 0 Å². The number of nitrogens with one attached hydrogen (secondary N) is 1. The average Bonchev–Trinajstić information content (AvgIpc) is 2.38. The average molecular weight is 312 g/mol. The van der Waals surface area contributed by atoms with Gasteiger partial charge in [-0.25, -0.2) is 0 Å². The summed E-state index contributed by atoms with van der Waals surface area (Å²) in [5, 5.41) is 4.73. The highest BCUT2D eigenvalue weighted by atomic mass is 35.5. The molecule has 112 valence electrons. The fourth-order valence-corrected chi connectivity index (χ4v) is 4.52. The summed E-state index contributed by atoms with van der Waals surface area (Å²) in [5.74, 6) is 3.07. The summed E-state index contributed by atoms with van der Waals surface area (Å²) in [6.07, 6.45) is 1.29. The van der Waals surface area contributed by atoms with Crippen molar-refractivity contribution >= 4 is 23.4 Å². The molecule has 1 fully saturated rings. The maximum Gasteiger partial charge on any atom is 0.0406 e. The molecule has 0 aromatic heterocycles. The minimum Gasteiger partial charge on any atom is -0.306 e. The van der Waals surface area contributed by atoms with Gasteiger partial charge in [0.2, 0.25) is 0 Å². The number of rotatable bonds is 4. The predicted molar refractivity (Wildman–Crippen MR) is 91.7 cm³/mol. The van der Waals surface area contributed by atoms with E-state index in [2.05, 4.69) is 56.9 Å². The first-order valence-electron chi connectivity index (χ1n) is 7.49. The van der Waals surface area contributed by atoms with Crippen LogP contribution in [0.25, 0.3) is 0 Å². The van der Waals surface area contributed by atoms with Gasteiger partial charge in [0, 0.05) is 22.9 Å². The fraction of sp³-hybridized carbons (Fsp3) is 0.647. The van der Waals surface area contributed by atoms with Crippen LogP contribution in [0.4, 0.5) is 0 Å². The monoisotopic (exact) mass is 311 g/mol. The van der Waals surface area contributed by atoms with Crippen LogP contribution in [-0.2, 0) is 0 Å². The van der Waals surface area contributed by atoms with E-state index < -0.39 is 0 Å². The third-order valence-electron chi connectivity index (χ3n) is 4.40. The Morgan fingerprint density at radius 2 is 1.90 bits per heavy atom. The summed E-state index contributed by atoms with van der Waals surface area (Å²) >= 11 is 8.08. The zero-order valence-corrected chi connectivity index (χ0v) is 14.5. The standard InChI is InChI=1S/C17H26ClNS/c1-12(2)16(13-5-7-14(18)8-6-13)19-15-11-20-10-9-17(15,3)4/h5-8,12,15-16,19H,9-11H2,1-4H3. The van der Waals surface area contributed by atoms with Gasteiger partial charge < -0.3 is 5.32 Å². The summed E-state index contributed by atoms with van der Waals surface area (Å²) in [4.78, 5) is 0. The second-order valence-electron chi connectivity index (χ2n) is 6.81. The van der Waals surface area contributed by atoms with Gasteiger partial charge >= 0.3 is 0 Å².